The number of carbonyl (C=O) groups is 2. The summed E-state index contributed by atoms with van der Waals surface area (Å²) >= 11 is 0. The number of aromatic amines is 1. The smallest absolute Gasteiger partial charge is 0.228 e. The van der Waals surface area contributed by atoms with E-state index < -0.39 is 0 Å². The Balaban J connectivity index is 1.50. The molecule has 0 radical (unpaired) electrons. The molecule has 1 unspecified atom stereocenters. The monoisotopic (exact) mass is 431 g/mol. The number of pyridine rings is 1. The van der Waals surface area contributed by atoms with Gasteiger partial charge in [-0.05, 0) is 68.8 Å². The Morgan fingerprint density at radius 1 is 1.16 bits per heavy atom. The first kappa shape index (κ1) is 19.7. The summed E-state index contributed by atoms with van der Waals surface area (Å²) < 4.78 is 0. The van der Waals surface area contributed by atoms with Gasteiger partial charge in [0.1, 0.15) is 5.82 Å². The lowest BCUT2D eigenvalue weighted by Gasteiger charge is -2.39. The van der Waals surface area contributed by atoms with Crippen LogP contribution in [0.15, 0.2) is 24.4 Å². The van der Waals surface area contributed by atoms with E-state index in [-0.39, 0.29) is 11.3 Å². The molecule has 2 aromatic heterocycles. The number of H-pyrrole nitrogens is 1. The average Bonchev–Trinajstić information content (AvgIpc) is 3.39. The number of amides is 1. The van der Waals surface area contributed by atoms with Gasteiger partial charge < -0.3 is 20.5 Å². The predicted octanol–water partition coefficient (Wildman–Crippen LogP) is 3.10. The summed E-state index contributed by atoms with van der Waals surface area (Å²) in [6.07, 6.45) is 7.61. The molecule has 0 aliphatic carbocycles. The molecule has 0 saturated carbocycles. The number of aldehydes is 1. The number of benzene rings is 1. The minimum absolute atomic E-state index is 0.176. The molecule has 7 heteroatoms. The molecule has 3 aliphatic rings. The molecule has 3 fully saturated rings. The first-order valence-electron chi connectivity index (χ1n) is 11.8. The highest BCUT2D eigenvalue weighted by Gasteiger charge is 2.45. The number of anilines is 1. The van der Waals surface area contributed by atoms with E-state index in [1.165, 1.54) is 5.56 Å². The van der Waals surface area contributed by atoms with Gasteiger partial charge in [0.25, 0.3) is 0 Å². The van der Waals surface area contributed by atoms with Crippen molar-refractivity contribution in [1.82, 2.24) is 20.6 Å². The second-order valence-corrected chi connectivity index (χ2v) is 9.67. The van der Waals surface area contributed by atoms with E-state index >= 15 is 0 Å². The van der Waals surface area contributed by atoms with Crippen LogP contribution in [0.2, 0.25) is 0 Å². The minimum Gasteiger partial charge on any atom is -0.356 e. The van der Waals surface area contributed by atoms with E-state index in [1.54, 1.807) is 6.20 Å². The van der Waals surface area contributed by atoms with Crippen LogP contribution >= 0.6 is 0 Å². The lowest BCUT2D eigenvalue weighted by Crippen LogP contribution is -2.47. The fraction of sp³-hybridized carbons (Fsp3) is 0.480. The van der Waals surface area contributed by atoms with E-state index in [9.17, 15) is 9.59 Å². The van der Waals surface area contributed by atoms with Gasteiger partial charge in [0, 0.05) is 36.7 Å². The van der Waals surface area contributed by atoms with Crippen molar-refractivity contribution in [2.75, 3.05) is 37.6 Å². The van der Waals surface area contributed by atoms with Gasteiger partial charge in [0.15, 0.2) is 6.29 Å². The molecule has 1 aromatic carbocycles. The lowest BCUT2D eigenvalue weighted by atomic mass is 9.78. The second-order valence-electron chi connectivity index (χ2n) is 9.67. The third kappa shape index (κ3) is 3.02. The highest BCUT2D eigenvalue weighted by atomic mass is 16.2. The first-order valence-corrected chi connectivity index (χ1v) is 11.8. The molecule has 7 nitrogen and oxygen atoms in total. The van der Waals surface area contributed by atoms with Crippen LogP contribution < -0.4 is 15.5 Å². The largest absolute Gasteiger partial charge is 0.356 e. The van der Waals surface area contributed by atoms with E-state index in [4.69, 9.17) is 4.98 Å². The van der Waals surface area contributed by atoms with Crippen LogP contribution in [0.4, 0.5) is 5.82 Å². The molecule has 3 aromatic rings. The topological polar surface area (TPSA) is 90.1 Å². The number of carbonyl (C=O) groups excluding carboxylic acids is 2. The summed E-state index contributed by atoms with van der Waals surface area (Å²) in [7, 11) is 0. The second kappa shape index (κ2) is 7.59. The zero-order valence-electron chi connectivity index (χ0n) is 18.2. The molecule has 5 heterocycles. The molecule has 3 aliphatic heterocycles. The predicted molar refractivity (Wildman–Crippen MR) is 125 cm³/mol. The normalized spacial score (nSPS) is 24.5. The van der Waals surface area contributed by atoms with Crippen molar-refractivity contribution in [2.45, 2.75) is 38.0 Å². The number of nitrogens with one attached hydrogen (secondary N) is 3. The fourth-order valence-corrected chi connectivity index (χ4v) is 6.07. The van der Waals surface area contributed by atoms with Crippen molar-refractivity contribution in [2.24, 2.45) is 5.41 Å². The van der Waals surface area contributed by atoms with Gasteiger partial charge in [-0.15, -0.1) is 0 Å². The number of hydrogen-bond acceptors (Lipinski definition) is 5. The van der Waals surface area contributed by atoms with Gasteiger partial charge in [0.2, 0.25) is 5.91 Å². The lowest BCUT2D eigenvalue weighted by molar-refractivity contribution is -0.128. The number of nitrogens with zero attached hydrogens (tertiary/aromatic N) is 2. The number of piperidine rings is 2. The number of fused-ring (bicyclic) bond motifs is 3. The Labute approximate surface area is 186 Å². The molecule has 32 heavy (non-hydrogen) atoms. The van der Waals surface area contributed by atoms with Crippen molar-refractivity contribution in [3.63, 3.8) is 0 Å². The van der Waals surface area contributed by atoms with Crippen molar-refractivity contribution in [3.8, 4) is 0 Å². The van der Waals surface area contributed by atoms with Gasteiger partial charge in [-0.3, -0.25) is 9.59 Å². The summed E-state index contributed by atoms with van der Waals surface area (Å²) in [6, 6.07) is 6.67. The maximum absolute atomic E-state index is 12.7. The molecular formula is C25H29N5O2. The molecule has 6 rings (SSSR count). The van der Waals surface area contributed by atoms with Crippen LogP contribution in [0, 0.1) is 5.41 Å². The molecule has 3 saturated heterocycles. The molecule has 1 atom stereocenters. The molecule has 1 spiro atoms. The third-order valence-electron chi connectivity index (χ3n) is 7.85. The minimum atomic E-state index is -0.318. The van der Waals surface area contributed by atoms with E-state index in [1.807, 2.05) is 0 Å². The van der Waals surface area contributed by atoms with Crippen LogP contribution in [0.5, 0.6) is 0 Å². The van der Waals surface area contributed by atoms with E-state index in [0.717, 1.165) is 92.2 Å². The number of hydrogen-bond donors (Lipinski definition) is 3. The molecule has 1 amide bonds. The van der Waals surface area contributed by atoms with E-state index in [0.29, 0.717) is 18.0 Å². The number of aromatic nitrogens is 2. The molecule has 3 N–H and O–H groups in total. The van der Waals surface area contributed by atoms with Crippen molar-refractivity contribution < 1.29 is 9.59 Å². The van der Waals surface area contributed by atoms with Gasteiger partial charge >= 0.3 is 0 Å². The maximum Gasteiger partial charge on any atom is 0.228 e. The summed E-state index contributed by atoms with van der Waals surface area (Å²) in [5.41, 5.74) is 3.49. The third-order valence-corrected chi connectivity index (χ3v) is 7.85. The van der Waals surface area contributed by atoms with Crippen molar-refractivity contribution in [3.05, 3.63) is 35.5 Å². The molecule has 0 bridgehead atoms. The number of rotatable bonds is 3. The summed E-state index contributed by atoms with van der Waals surface area (Å²) in [5.74, 6) is 1.62. The van der Waals surface area contributed by atoms with Gasteiger partial charge in [-0.1, -0.05) is 6.07 Å². The average molecular weight is 432 g/mol. The first-order chi connectivity index (χ1) is 15.7. The molecular weight excluding hydrogens is 402 g/mol. The van der Waals surface area contributed by atoms with Crippen LogP contribution in [0.3, 0.4) is 0 Å². The van der Waals surface area contributed by atoms with Crippen LogP contribution in [-0.2, 0) is 4.79 Å². The summed E-state index contributed by atoms with van der Waals surface area (Å²) in [6.45, 7) is 4.42. The van der Waals surface area contributed by atoms with Gasteiger partial charge in [-0.2, -0.15) is 0 Å². The molecule has 166 valence electrons. The highest BCUT2D eigenvalue weighted by Crippen LogP contribution is 2.41. The van der Waals surface area contributed by atoms with Crippen LogP contribution in [0.25, 0.3) is 21.8 Å². The van der Waals surface area contributed by atoms with Crippen molar-refractivity contribution >= 4 is 39.8 Å². The Morgan fingerprint density at radius 2 is 2.03 bits per heavy atom. The zero-order valence-corrected chi connectivity index (χ0v) is 18.2. The SMILES string of the molecule is O=Cc1cnc(N2CCCC3(CCNC3=O)C2)c2c1[nH]c1ccc(C3CCNCC3)cc12. The Kier molecular flexibility index (Phi) is 4.68. The van der Waals surface area contributed by atoms with Gasteiger partial charge in [-0.25, -0.2) is 4.98 Å². The fourth-order valence-electron chi connectivity index (χ4n) is 6.07. The van der Waals surface area contributed by atoms with Gasteiger partial charge in [0.05, 0.1) is 21.9 Å². The standard InChI is InChI=1S/C25H29N5O2/c31-14-18-13-28-23(30-11-1-6-25(15-30)7-10-27-24(25)32)21-19-12-17(16-4-8-26-9-5-16)2-3-20(19)29-22(18)21/h2-3,12-14,16,26,29H,1,4-11,15H2,(H,27,32). The van der Waals surface area contributed by atoms with Crippen LogP contribution in [0.1, 0.15) is 53.9 Å². The Hall–Kier alpha value is -2.93. The Bertz CT molecular complexity index is 1210. The quantitative estimate of drug-likeness (QED) is 0.555. The summed E-state index contributed by atoms with van der Waals surface area (Å²) in [5, 5.41) is 8.61. The van der Waals surface area contributed by atoms with Crippen molar-refractivity contribution in [1.29, 1.82) is 0 Å². The summed E-state index contributed by atoms with van der Waals surface area (Å²) in [4.78, 5) is 35.0. The van der Waals surface area contributed by atoms with E-state index in [2.05, 4.69) is 38.7 Å². The highest BCUT2D eigenvalue weighted by molar-refractivity contribution is 6.16. The Morgan fingerprint density at radius 3 is 2.81 bits per heavy atom. The zero-order chi connectivity index (χ0) is 21.7. The van der Waals surface area contributed by atoms with Crippen LogP contribution in [-0.4, -0.2) is 54.9 Å². The maximum atomic E-state index is 12.7.